The van der Waals surface area contributed by atoms with Gasteiger partial charge >= 0.3 is 0 Å². The number of carbonyl (C=O) groups is 1. The van der Waals surface area contributed by atoms with E-state index in [4.69, 9.17) is 9.94 Å². The lowest BCUT2D eigenvalue weighted by molar-refractivity contribution is -0.128. The van der Waals surface area contributed by atoms with Gasteiger partial charge in [0.05, 0.1) is 11.5 Å². The quantitative estimate of drug-likeness (QED) is 0.333. The Hall–Kier alpha value is -1.60. The molecule has 0 aliphatic heterocycles. The van der Waals surface area contributed by atoms with Gasteiger partial charge in [0.2, 0.25) is 0 Å². The molecule has 1 atom stereocenters. The molecule has 0 radical (unpaired) electrons. The van der Waals surface area contributed by atoms with Crippen molar-refractivity contribution in [1.29, 1.82) is 0 Å². The van der Waals surface area contributed by atoms with Crippen LogP contribution in [0.25, 0.3) is 0 Å². The molecule has 0 fully saturated rings. The van der Waals surface area contributed by atoms with Crippen LogP contribution in [0.3, 0.4) is 0 Å². The van der Waals surface area contributed by atoms with Gasteiger partial charge in [0.15, 0.2) is 9.84 Å². The van der Waals surface area contributed by atoms with Crippen molar-refractivity contribution >= 4 is 15.7 Å². The van der Waals surface area contributed by atoms with E-state index in [0.717, 1.165) is 32.1 Å². The second-order valence-corrected chi connectivity index (χ2v) is 8.16. The number of benzene rings is 1. The largest absolute Gasteiger partial charge is 0.494 e. The van der Waals surface area contributed by atoms with Crippen molar-refractivity contribution in [3.63, 3.8) is 0 Å². The highest BCUT2D eigenvalue weighted by molar-refractivity contribution is 7.92. The summed E-state index contributed by atoms with van der Waals surface area (Å²) in [6, 6.07) is 6.07. The van der Waals surface area contributed by atoms with Gasteiger partial charge in [0.25, 0.3) is 5.91 Å². The second kappa shape index (κ2) is 11.1. The molecular formula is C18H29NO5S. The van der Waals surface area contributed by atoms with Crippen LogP contribution in [0.2, 0.25) is 0 Å². The minimum absolute atomic E-state index is 0.0550. The molecule has 0 aromatic heterocycles. The van der Waals surface area contributed by atoms with Crippen molar-refractivity contribution < 1.29 is 23.2 Å². The molecule has 2 N–H and O–H groups in total. The number of rotatable bonds is 12. The van der Waals surface area contributed by atoms with E-state index in [1.807, 2.05) is 0 Å². The van der Waals surface area contributed by atoms with Crippen molar-refractivity contribution in [1.82, 2.24) is 5.48 Å². The summed E-state index contributed by atoms with van der Waals surface area (Å²) in [6.45, 7) is 4.69. The molecule has 0 saturated carbocycles. The van der Waals surface area contributed by atoms with E-state index >= 15 is 0 Å². The van der Waals surface area contributed by atoms with Crippen LogP contribution in [0, 0.1) is 0 Å². The highest BCUT2D eigenvalue weighted by atomic mass is 32.2. The summed E-state index contributed by atoms with van der Waals surface area (Å²) in [4.78, 5) is 11.9. The first-order chi connectivity index (χ1) is 12.0. The lowest BCUT2D eigenvalue weighted by Crippen LogP contribution is -2.38. The molecule has 142 valence electrons. The number of hydrogen-bond acceptors (Lipinski definition) is 5. The predicted molar refractivity (Wildman–Crippen MR) is 96.5 cm³/mol. The van der Waals surface area contributed by atoms with Crippen molar-refractivity contribution in [3.05, 3.63) is 24.3 Å². The first kappa shape index (κ1) is 21.4. The first-order valence-electron chi connectivity index (χ1n) is 8.88. The average molecular weight is 371 g/mol. The highest BCUT2D eigenvalue weighted by Gasteiger charge is 2.33. The Morgan fingerprint density at radius 3 is 2.28 bits per heavy atom. The van der Waals surface area contributed by atoms with Gasteiger partial charge in [0.1, 0.15) is 11.0 Å². The minimum atomic E-state index is -3.87. The topological polar surface area (TPSA) is 92.7 Å². The Kier molecular flexibility index (Phi) is 9.52. The zero-order valence-corrected chi connectivity index (χ0v) is 15.8. The van der Waals surface area contributed by atoms with Gasteiger partial charge < -0.3 is 4.74 Å². The van der Waals surface area contributed by atoms with E-state index in [1.165, 1.54) is 17.6 Å². The molecule has 25 heavy (non-hydrogen) atoms. The summed E-state index contributed by atoms with van der Waals surface area (Å²) in [5.41, 5.74) is 1.48. The molecule has 7 heteroatoms. The second-order valence-electron chi connectivity index (χ2n) is 6.03. The van der Waals surface area contributed by atoms with Crippen molar-refractivity contribution in [2.45, 2.75) is 68.9 Å². The van der Waals surface area contributed by atoms with Gasteiger partial charge in [-0.2, -0.15) is 0 Å². The van der Waals surface area contributed by atoms with Gasteiger partial charge in [-0.15, -0.1) is 0 Å². The SMILES string of the molecule is CCCCCCC(C(=O)NO)S(=O)(=O)c1ccc(OCCCC)cc1. The molecule has 0 heterocycles. The maximum atomic E-state index is 12.8. The number of sulfone groups is 1. The summed E-state index contributed by atoms with van der Waals surface area (Å²) in [5.74, 6) is -0.293. The third kappa shape index (κ3) is 6.66. The average Bonchev–Trinajstić information content (AvgIpc) is 2.61. The molecule has 0 bridgehead atoms. The lowest BCUT2D eigenvalue weighted by Gasteiger charge is -2.16. The van der Waals surface area contributed by atoms with E-state index in [0.29, 0.717) is 18.8 Å². The number of nitrogens with one attached hydrogen (secondary N) is 1. The van der Waals surface area contributed by atoms with Crippen LogP contribution in [0.15, 0.2) is 29.2 Å². The van der Waals surface area contributed by atoms with Crippen LogP contribution >= 0.6 is 0 Å². The number of hydroxylamine groups is 1. The maximum Gasteiger partial charge on any atom is 0.262 e. The Morgan fingerprint density at radius 1 is 1.08 bits per heavy atom. The number of ether oxygens (including phenoxy) is 1. The number of hydrogen-bond donors (Lipinski definition) is 2. The van der Waals surface area contributed by atoms with E-state index in [9.17, 15) is 13.2 Å². The van der Waals surface area contributed by atoms with Crippen LogP contribution in [0.5, 0.6) is 5.75 Å². The Morgan fingerprint density at radius 2 is 1.72 bits per heavy atom. The maximum absolute atomic E-state index is 12.8. The van der Waals surface area contributed by atoms with Crippen LogP contribution in [-0.4, -0.2) is 31.4 Å². The highest BCUT2D eigenvalue weighted by Crippen LogP contribution is 2.23. The number of amides is 1. The fourth-order valence-electron chi connectivity index (χ4n) is 2.48. The molecule has 1 aromatic rings. The van der Waals surface area contributed by atoms with E-state index < -0.39 is 21.0 Å². The van der Waals surface area contributed by atoms with Crippen molar-refractivity contribution in [2.24, 2.45) is 0 Å². The van der Waals surface area contributed by atoms with Crippen LogP contribution < -0.4 is 10.2 Å². The van der Waals surface area contributed by atoms with Gasteiger partial charge in [-0.1, -0.05) is 46.0 Å². The summed E-state index contributed by atoms with van der Waals surface area (Å²) in [7, 11) is -3.87. The first-order valence-corrected chi connectivity index (χ1v) is 10.4. The smallest absolute Gasteiger partial charge is 0.262 e. The molecule has 1 rings (SSSR count). The number of unbranched alkanes of at least 4 members (excludes halogenated alkanes) is 4. The monoisotopic (exact) mass is 371 g/mol. The third-order valence-electron chi connectivity index (χ3n) is 4.02. The standard InChI is InChI=1S/C18H29NO5S/c1-3-5-7-8-9-17(18(20)19-21)25(22,23)16-12-10-15(11-13-16)24-14-6-4-2/h10-13,17,21H,3-9,14H2,1-2H3,(H,19,20). The molecule has 0 spiro atoms. The van der Waals surface area contributed by atoms with E-state index in [-0.39, 0.29) is 11.3 Å². The molecule has 0 saturated heterocycles. The van der Waals surface area contributed by atoms with Gasteiger partial charge in [-0.05, 0) is 37.1 Å². The molecule has 1 amide bonds. The normalized spacial score (nSPS) is 12.6. The van der Waals surface area contributed by atoms with Crippen molar-refractivity contribution in [2.75, 3.05) is 6.61 Å². The zero-order chi connectivity index (χ0) is 18.7. The Bertz CT molecular complexity index is 613. The minimum Gasteiger partial charge on any atom is -0.494 e. The fourth-order valence-corrected chi connectivity index (χ4v) is 4.14. The van der Waals surface area contributed by atoms with Crippen LogP contribution in [0.1, 0.15) is 58.8 Å². The van der Waals surface area contributed by atoms with Gasteiger partial charge in [-0.3, -0.25) is 10.0 Å². The predicted octanol–water partition coefficient (Wildman–Crippen LogP) is 3.48. The summed E-state index contributed by atoms with van der Waals surface area (Å²) >= 11 is 0. The van der Waals surface area contributed by atoms with Crippen LogP contribution in [-0.2, 0) is 14.6 Å². The summed E-state index contributed by atoms with van der Waals surface area (Å²) in [5, 5.41) is 7.61. The number of carbonyl (C=O) groups excluding carboxylic acids is 1. The summed E-state index contributed by atoms with van der Waals surface area (Å²) in [6.07, 6.45) is 5.59. The molecule has 0 aliphatic rings. The molecule has 6 nitrogen and oxygen atoms in total. The lowest BCUT2D eigenvalue weighted by atomic mass is 10.1. The summed E-state index contributed by atoms with van der Waals surface area (Å²) < 4.78 is 31.0. The third-order valence-corrected chi connectivity index (χ3v) is 6.14. The van der Waals surface area contributed by atoms with Crippen LogP contribution in [0.4, 0.5) is 0 Å². The fraction of sp³-hybridized carbons (Fsp3) is 0.611. The molecule has 1 aromatic carbocycles. The molecule has 0 aliphatic carbocycles. The molecule has 1 unspecified atom stereocenters. The van der Waals surface area contributed by atoms with E-state index in [2.05, 4.69) is 13.8 Å². The van der Waals surface area contributed by atoms with Gasteiger partial charge in [-0.25, -0.2) is 13.9 Å². The van der Waals surface area contributed by atoms with Crippen molar-refractivity contribution in [3.8, 4) is 5.75 Å². The zero-order valence-electron chi connectivity index (χ0n) is 15.0. The molecular weight excluding hydrogens is 342 g/mol. The Labute approximate surface area is 150 Å². The van der Waals surface area contributed by atoms with Gasteiger partial charge in [0, 0.05) is 0 Å². The Balaban J connectivity index is 2.87. The van der Waals surface area contributed by atoms with E-state index in [1.54, 1.807) is 12.1 Å².